The summed E-state index contributed by atoms with van der Waals surface area (Å²) in [6, 6.07) is 1.28. The van der Waals surface area contributed by atoms with E-state index in [1.165, 1.54) is 0 Å². The topological polar surface area (TPSA) is 46.2 Å². The predicted molar refractivity (Wildman–Crippen MR) is 65.6 cm³/mol. The number of sulfonamides is 1. The summed E-state index contributed by atoms with van der Waals surface area (Å²) in [6.07, 6.45) is 0.525. The largest absolute Gasteiger partial charge is 0.243 e. The van der Waals surface area contributed by atoms with Crippen molar-refractivity contribution in [1.82, 2.24) is 4.72 Å². The van der Waals surface area contributed by atoms with Crippen LogP contribution in [0.2, 0.25) is 0 Å². The van der Waals surface area contributed by atoms with Gasteiger partial charge in [0, 0.05) is 6.54 Å². The molecule has 0 saturated heterocycles. The van der Waals surface area contributed by atoms with Gasteiger partial charge in [-0.1, -0.05) is 20.8 Å². The molecule has 0 radical (unpaired) electrons. The molecule has 108 valence electrons. The second-order valence-electron chi connectivity index (χ2n) is 5.38. The van der Waals surface area contributed by atoms with Crippen LogP contribution in [0.25, 0.3) is 0 Å². The van der Waals surface area contributed by atoms with Gasteiger partial charge in [0.15, 0.2) is 17.5 Å². The molecule has 0 saturated carbocycles. The number of rotatable bonds is 4. The molecule has 0 aliphatic carbocycles. The molecular formula is C12H16F3NO2S. The second kappa shape index (κ2) is 5.50. The fourth-order valence-electron chi connectivity index (χ4n) is 1.35. The Hall–Kier alpha value is -1.08. The van der Waals surface area contributed by atoms with Crippen LogP contribution in [0.3, 0.4) is 0 Å². The summed E-state index contributed by atoms with van der Waals surface area (Å²) >= 11 is 0. The van der Waals surface area contributed by atoms with Crippen molar-refractivity contribution in [3.8, 4) is 0 Å². The molecule has 1 aromatic carbocycles. The van der Waals surface area contributed by atoms with Crippen molar-refractivity contribution in [2.45, 2.75) is 32.1 Å². The number of hydrogen-bond acceptors (Lipinski definition) is 2. The van der Waals surface area contributed by atoms with Gasteiger partial charge in [0.2, 0.25) is 10.0 Å². The molecule has 0 aliphatic heterocycles. The minimum Gasteiger partial charge on any atom is -0.211 e. The molecule has 0 bridgehead atoms. The van der Waals surface area contributed by atoms with E-state index in [0.717, 1.165) is 0 Å². The summed E-state index contributed by atoms with van der Waals surface area (Å²) in [5.41, 5.74) is -0.102. The smallest absolute Gasteiger partial charge is 0.211 e. The molecule has 19 heavy (non-hydrogen) atoms. The number of nitrogens with one attached hydrogen (secondary N) is 1. The van der Waals surface area contributed by atoms with Crippen molar-refractivity contribution in [3.63, 3.8) is 0 Å². The molecule has 0 aliphatic rings. The van der Waals surface area contributed by atoms with Crippen molar-refractivity contribution >= 4 is 10.0 Å². The Morgan fingerprint density at radius 1 is 1.11 bits per heavy atom. The van der Waals surface area contributed by atoms with Crippen LogP contribution in [0.15, 0.2) is 17.0 Å². The molecule has 1 aromatic rings. The first-order chi connectivity index (χ1) is 8.54. The average molecular weight is 295 g/mol. The fraction of sp³-hybridized carbons (Fsp3) is 0.500. The van der Waals surface area contributed by atoms with Gasteiger partial charge in [-0.05, 0) is 24.0 Å². The Balaban J connectivity index is 2.93. The Morgan fingerprint density at radius 2 is 1.68 bits per heavy atom. The molecule has 3 nitrogen and oxygen atoms in total. The van der Waals surface area contributed by atoms with E-state index in [2.05, 4.69) is 4.72 Å². The maximum atomic E-state index is 13.4. The Morgan fingerprint density at radius 3 is 2.21 bits per heavy atom. The van der Waals surface area contributed by atoms with Crippen molar-refractivity contribution in [2.24, 2.45) is 5.41 Å². The monoisotopic (exact) mass is 295 g/mol. The SMILES string of the molecule is CC(C)(C)CCNS(=O)(=O)c1ccc(F)c(F)c1F. The molecule has 0 spiro atoms. The lowest BCUT2D eigenvalue weighted by Crippen LogP contribution is -2.28. The molecule has 0 fully saturated rings. The predicted octanol–water partition coefficient (Wildman–Crippen LogP) is 2.82. The summed E-state index contributed by atoms with van der Waals surface area (Å²) in [4.78, 5) is -0.889. The number of benzene rings is 1. The van der Waals surface area contributed by atoms with Crippen LogP contribution >= 0.6 is 0 Å². The standard InChI is InChI=1S/C12H16F3NO2S/c1-12(2,3)6-7-16-19(17,18)9-5-4-8(13)10(14)11(9)15/h4-5,16H,6-7H2,1-3H3. The van der Waals surface area contributed by atoms with E-state index in [9.17, 15) is 21.6 Å². The van der Waals surface area contributed by atoms with Crippen molar-refractivity contribution in [1.29, 1.82) is 0 Å². The van der Waals surface area contributed by atoms with Crippen molar-refractivity contribution in [2.75, 3.05) is 6.54 Å². The van der Waals surface area contributed by atoms with Gasteiger partial charge in [-0.3, -0.25) is 0 Å². The van der Waals surface area contributed by atoms with Crippen LogP contribution in [-0.2, 0) is 10.0 Å². The van der Waals surface area contributed by atoms with Gasteiger partial charge in [0.1, 0.15) is 4.90 Å². The minimum atomic E-state index is -4.18. The third kappa shape index (κ3) is 4.21. The third-order valence-corrected chi connectivity index (χ3v) is 3.93. The quantitative estimate of drug-likeness (QED) is 0.868. The molecule has 0 aromatic heterocycles. The normalized spacial score (nSPS) is 12.7. The first-order valence-electron chi connectivity index (χ1n) is 5.68. The van der Waals surface area contributed by atoms with E-state index in [1.807, 2.05) is 20.8 Å². The van der Waals surface area contributed by atoms with Crippen LogP contribution < -0.4 is 4.72 Å². The van der Waals surface area contributed by atoms with Gasteiger partial charge in [-0.2, -0.15) is 0 Å². The van der Waals surface area contributed by atoms with Crippen LogP contribution in [0.4, 0.5) is 13.2 Å². The molecule has 0 heterocycles. The second-order valence-corrected chi connectivity index (χ2v) is 7.12. The molecular weight excluding hydrogens is 279 g/mol. The van der Waals surface area contributed by atoms with Crippen LogP contribution in [0.1, 0.15) is 27.2 Å². The van der Waals surface area contributed by atoms with Crippen LogP contribution in [0, 0.1) is 22.9 Å². The van der Waals surface area contributed by atoms with E-state index in [1.54, 1.807) is 0 Å². The lowest BCUT2D eigenvalue weighted by Gasteiger charge is -2.18. The van der Waals surface area contributed by atoms with Crippen molar-refractivity contribution < 1.29 is 21.6 Å². The van der Waals surface area contributed by atoms with Gasteiger partial charge < -0.3 is 0 Å². The van der Waals surface area contributed by atoms with E-state index < -0.39 is 32.4 Å². The first kappa shape index (κ1) is 16.0. The first-order valence-corrected chi connectivity index (χ1v) is 7.16. The summed E-state index contributed by atoms with van der Waals surface area (Å²) < 4.78 is 64.8. The minimum absolute atomic E-state index is 0.0876. The summed E-state index contributed by atoms with van der Waals surface area (Å²) in [5, 5.41) is 0. The Labute approximate surface area is 110 Å². The molecule has 1 N–H and O–H groups in total. The molecule has 0 unspecified atom stereocenters. The van der Waals surface area contributed by atoms with E-state index in [-0.39, 0.29) is 12.0 Å². The molecule has 0 atom stereocenters. The molecule has 0 amide bonds. The average Bonchev–Trinajstić information content (AvgIpc) is 2.23. The maximum Gasteiger partial charge on any atom is 0.243 e. The van der Waals surface area contributed by atoms with E-state index >= 15 is 0 Å². The van der Waals surface area contributed by atoms with E-state index in [4.69, 9.17) is 0 Å². The Kier molecular flexibility index (Phi) is 4.63. The van der Waals surface area contributed by atoms with Gasteiger partial charge in [0.05, 0.1) is 0 Å². The van der Waals surface area contributed by atoms with Crippen LogP contribution in [-0.4, -0.2) is 15.0 Å². The molecule has 7 heteroatoms. The highest BCUT2D eigenvalue weighted by molar-refractivity contribution is 7.89. The van der Waals surface area contributed by atoms with Gasteiger partial charge in [0.25, 0.3) is 0 Å². The third-order valence-electron chi connectivity index (χ3n) is 2.46. The summed E-state index contributed by atoms with van der Waals surface area (Å²) in [7, 11) is -4.18. The van der Waals surface area contributed by atoms with Gasteiger partial charge in [-0.15, -0.1) is 0 Å². The summed E-state index contributed by atoms with van der Waals surface area (Å²) in [6.45, 7) is 5.84. The van der Waals surface area contributed by atoms with Gasteiger partial charge >= 0.3 is 0 Å². The van der Waals surface area contributed by atoms with Crippen molar-refractivity contribution in [3.05, 3.63) is 29.6 Å². The zero-order chi connectivity index (χ0) is 14.8. The highest BCUT2D eigenvalue weighted by atomic mass is 32.2. The highest BCUT2D eigenvalue weighted by Gasteiger charge is 2.24. The van der Waals surface area contributed by atoms with Crippen LogP contribution in [0.5, 0.6) is 0 Å². The number of hydrogen-bond donors (Lipinski definition) is 1. The highest BCUT2D eigenvalue weighted by Crippen LogP contribution is 2.21. The zero-order valence-electron chi connectivity index (χ0n) is 10.9. The lowest BCUT2D eigenvalue weighted by molar-refractivity contribution is 0.378. The molecule has 1 rings (SSSR count). The number of halogens is 3. The maximum absolute atomic E-state index is 13.4. The lowest BCUT2D eigenvalue weighted by atomic mass is 9.93. The van der Waals surface area contributed by atoms with Gasteiger partial charge in [-0.25, -0.2) is 26.3 Å². The zero-order valence-corrected chi connectivity index (χ0v) is 11.7. The summed E-state index contributed by atoms with van der Waals surface area (Å²) in [5.74, 6) is -4.92. The fourth-order valence-corrected chi connectivity index (χ4v) is 2.45. The Bertz CT molecular complexity index is 565. The van der Waals surface area contributed by atoms with E-state index in [0.29, 0.717) is 18.6 Å².